The maximum Gasteiger partial charge on any atom is 0.166 e. The molecule has 112 valence electrons. The molecule has 2 N–H and O–H groups in total. The second-order valence-corrected chi connectivity index (χ2v) is 4.58. The van der Waals surface area contributed by atoms with Gasteiger partial charge in [-0.15, -0.1) is 0 Å². The Morgan fingerprint density at radius 3 is 2.43 bits per heavy atom. The predicted octanol–water partition coefficient (Wildman–Crippen LogP) is 3.07. The molecule has 0 aliphatic heterocycles. The van der Waals surface area contributed by atoms with Crippen LogP contribution < -0.4 is 15.4 Å². The molecule has 2 aromatic carbocycles. The third-order valence-electron chi connectivity index (χ3n) is 2.93. The summed E-state index contributed by atoms with van der Waals surface area (Å²) in [5.74, 6) is -1.00. The summed E-state index contributed by atoms with van der Waals surface area (Å²) >= 11 is 0. The fourth-order valence-electron chi connectivity index (χ4n) is 1.83. The molecule has 2 aromatic rings. The van der Waals surface area contributed by atoms with E-state index >= 15 is 0 Å². The van der Waals surface area contributed by atoms with E-state index in [4.69, 9.17) is 4.74 Å². The largest absolute Gasteiger partial charge is 0.451 e. The summed E-state index contributed by atoms with van der Waals surface area (Å²) in [4.78, 5) is 0. The summed E-state index contributed by atoms with van der Waals surface area (Å²) in [5, 5.41) is 6.19. The summed E-state index contributed by atoms with van der Waals surface area (Å²) in [6.45, 7) is 2.21. The number of hydrogen-bond donors (Lipinski definition) is 2. The molecule has 5 heteroatoms. The number of likely N-dealkylation sites (N-methyl/N-ethyl adjacent to an activating group) is 1. The van der Waals surface area contributed by atoms with Crippen molar-refractivity contribution in [1.82, 2.24) is 10.6 Å². The lowest BCUT2D eigenvalue weighted by atomic mass is 10.2. The average Bonchev–Trinajstić information content (AvgIpc) is 2.48. The van der Waals surface area contributed by atoms with Gasteiger partial charge in [0.05, 0.1) is 0 Å². The SMILES string of the molecule is CNCCNCc1ccc(Oc2ccccc2F)c(F)c1. The first-order valence-corrected chi connectivity index (χ1v) is 6.77. The van der Waals surface area contributed by atoms with Gasteiger partial charge in [-0.05, 0) is 36.9 Å². The van der Waals surface area contributed by atoms with Gasteiger partial charge >= 0.3 is 0 Å². The lowest BCUT2D eigenvalue weighted by Crippen LogP contribution is -2.24. The molecule has 0 saturated heterocycles. The highest BCUT2D eigenvalue weighted by Crippen LogP contribution is 2.27. The Kier molecular flexibility index (Phi) is 5.66. The second-order valence-electron chi connectivity index (χ2n) is 4.58. The summed E-state index contributed by atoms with van der Waals surface area (Å²) in [5.41, 5.74) is 0.810. The Balaban J connectivity index is 2.01. The highest BCUT2D eigenvalue weighted by atomic mass is 19.1. The Morgan fingerprint density at radius 1 is 0.952 bits per heavy atom. The Labute approximate surface area is 122 Å². The molecule has 0 heterocycles. The van der Waals surface area contributed by atoms with Crippen LogP contribution in [-0.4, -0.2) is 20.1 Å². The molecule has 2 rings (SSSR count). The number of ether oxygens (including phenoxy) is 1. The zero-order valence-electron chi connectivity index (χ0n) is 11.8. The van der Waals surface area contributed by atoms with Crippen molar-refractivity contribution in [2.24, 2.45) is 0 Å². The molecular formula is C16H18F2N2O. The summed E-state index contributed by atoms with van der Waals surface area (Å²) in [6, 6.07) is 10.6. The van der Waals surface area contributed by atoms with Gasteiger partial charge in [-0.2, -0.15) is 0 Å². The van der Waals surface area contributed by atoms with Crippen molar-refractivity contribution in [3.63, 3.8) is 0 Å². The molecule has 0 spiro atoms. The fraction of sp³-hybridized carbons (Fsp3) is 0.250. The quantitative estimate of drug-likeness (QED) is 0.770. The van der Waals surface area contributed by atoms with Gasteiger partial charge in [0.2, 0.25) is 0 Å². The molecule has 0 amide bonds. The number of halogens is 2. The van der Waals surface area contributed by atoms with Crippen LogP contribution in [0.4, 0.5) is 8.78 Å². The van der Waals surface area contributed by atoms with E-state index in [-0.39, 0.29) is 11.5 Å². The van der Waals surface area contributed by atoms with Crippen LogP contribution in [0.25, 0.3) is 0 Å². The van der Waals surface area contributed by atoms with Crippen LogP contribution >= 0.6 is 0 Å². The van der Waals surface area contributed by atoms with Crippen LogP contribution in [0.3, 0.4) is 0 Å². The Hall–Kier alpha value is -1.98. The van der Waals surface area contributed by atoms with E-state index in [1.54, 1.807) is 18.2 Å². The van der Waals surface area contributed by atoms with Gasteiger partial charge in [0.25, 0.3) is 0 Å². The molecular weight excluding hydrogens is 274 g/mol. The number of rotatable bonds is 7. The number of hydrogen-bond acceptors (Lipinski definition) is 3. The van der Waals surface area contributed by atoms with E-state index in [9.17, 15) is 8.78 Å². The smallest absolute Gasteiger partial charge is 0.166 e. The van der Waals surface area contributed by atoms with Crippen LogP contribution in [0.2, 0.25) is 0 Å². The summed E-state index contributed by atoms with van der Waals surface area (Å²) in [7, 11) is 1.87. The van der Waals surface area contributed by atoms with Crippen LogP contribution in [-0.2, 0) is 6.54 Å². The molecule has 21 heavy (non-hydrogen) atoms. The normalized spacial score (nSPS) is 10.6. The van der Waals surface area contributed by atoms with Crippen LogP contribution in [0.1, 0.15) is 5.56 Å². The lowest BCUT2D eigenvalue weighted by Gasteiger charge is -2.09. The minimum absolute atomic E-state index is 0.0105. The number of para-hydroxylation sites is 1. The molecule has 0 aliphatic rings. The van der Waals surface area contributed by atoms with E-state index in [2.05, 4.69) is 10.6 Å². The zero-order chi connectivity index (χ0) is 15.1. The van der Waals surface area contributed by atoms with E-state index in [0.29, 0.717) is 6.54 Å². The molecule has 0 aliphatic carbocycles. The van der Waals surface area contributed by atoms with Crippen LogP contribution in [0.5, 0.6) is 11.5 Å². The van der Waals surface area contributed by atoms with Gasteiger partial charge in [0.15, 0.2) is 23.1 Å². The van der Waals surface area contributed by atoms with E-state index in [0.717, 1.165) is 18.7 Å². The van der Waals surface area contributed by atoms with Crippen molar-refractivity contribution in [2.75, 3.05) is 20.1 Å². The third-order valence-corrected chi connectivity index (χ3v) is 2.93. The standard InChI is InChI=1S/C16H18F2N2O/c1-19-8-9-20-11-12-6-7-16(14(18)10-12)21-15-5-3-2-4-13(15)17/h2-7,10,19-20H,8-9,11H2,1H3. The molecule has 0 aromatic heterocycles. The number of benzene rings is 2. The topological polar surface area (TPSA) is 33.3 Å². The molecule has 0 saturated carbocycles. The average molecular weight is 292 g/mol. The van der Waals surface area contributed by atoms with Gasteiger partial charge < -0.3 is 15.4 Å². The lowest BCUT2D eigenvalue weighted by molar-refractivity contribution is 0.414. The summed E-state index contributed by atoms with van der Waals surface area (Å²) in [6.07, 6.45) is 0. The third kappa shape index (κ3) is 4.51. The first-order chi connectivity index (χ1) is 10.2. The minimum Gasteiger partial charge on any atom is -0.451 e. The highest BCUT2D eigenvalue weighted by molar-refractivity contribution is 5.35. The highest BCUT2D eigenvalue weighted by Gasteiger charge is 2.08. The van der Waals surface area contributed by atoms with Crippen molar-refractivity contribution < 1.29 is 13.5 Å². The van der Waals surface area contributed by atoms with Crippen molar-refractivity contribution >= 4 is 0 Å². The van der Waals surface area contributed by atoms with Gasteiger partial charge in [0.1, 0.15) is 0 Å². The van der Waals surface area contributed by atoms with Crippen molar-refractivity contribution in [1.29, 1.82) is 0 Å². The maximum atomic E-state index is 14.0. The van der Waals surface area contributed by atoms with Gasteiger partial charge in [-0.1, -0.05) is 18.2 Å². The van der Waals surface area contributed by atoms with Gasteiger partial charge in [-0.3, -0.25) is 0 Å². The maximum absolute atomic E-state index is 14.0. The monoisotopic (exact) mass is 292 g/mol. The van der Waals surface area contributed by atoms with Gasteiger partial charge in [-0.25, -0.2) is 8.78 Å². The Bertz CT molecular complexity index is 590. The van der Waals surface area contributed by atoms with E-state index < -0.39 is 11.6 Å². The minimum atomic E-state index is -0.519. The van der Waals surface area contributed by atoms with Crippen LogP contribution in [0, 0.1) is 11.6 Å². The zero-order valence-corrected chi connectivity index (χ0v) is 11.8. The van der Waals surface area contributed by atoms with Crippen LogP contribution in [0.15, 0.2) is 42.5 Å². The van der Waals surface area contributed by atoms with Crippen molar-refractivity contribution in [3.05, 3.63) is 59.7 Å². The predicted molar refractivity (Wildman–Crippen MR) is 78.5 cm³/mol. The van der Waals surface area contributed by atoms with E-state index in [1.807, 2.05) is 7.05 Å². The molecule has 0 radical (unpaired) electrons. The Morgan fingerprint density at radius 2 is 1.71 bits per heavy atom. The molecule has 0 atom stereocenters. The first-order valence-electron chi connectivity index (χ1n) is 6.77. The number of nitrogens with one attached hydrogen (secondary N) is 2. The first kappa shape index (κ1) is 15.4. The van der Waals surface area contributed by atoms with E-state index in [1.165, 1.54) is 24.3 Å². The second kappa shape index (κ2) is 7.71. The molecule has 0 unspecified atom stereocenters. The molecule has 0 bridgehead atoms. The fourth-order valence-corrected chi connectivity index (χ4v) is 1.83. The van der Waals surface area contributed by atoms with Crippen molar-refractivity contribution in [3.8, 4) is 11.5 Å². The molecule has 3 nitrogen and oxygen atoms in total. The van der Waals surface area contributed by atoms with Crippen molar-refractivity contribution in [2.45, 2.75) is 6.54 Å². The summed E-state index contributed by atoms with van der Waals surface area (Å²) < 4.78 is 32.7. The molecule has 0 fully saturated rings. The van der Waals surface area contributed by atoms with Gasteiger partial charge in [0, 0.05) is 19.6 Å².